The fourth-order valence-corrected chi connectivity index (χ4v) is 5.06. The van der Waals surface area contributed by atoms with Gasteiger partial charge in [-0.25, -0.2) is 8.42 Å². The third kappa shape index (κ3) is 6.94. The molecule has 2 atom stereocenters. The van der Waals surface area contributed by atoms with Crippen LogP contribution in [-0.2, 0) is 26.2 Å². The summed E-state index contributed by atoms with van der Waals surface area (Å²) in [7, 11) is -3.82. The van der Waals surface area contributed by atoms with Gasteiger partial charge in [0.05, 0.1) is 11.4 Å². The van der Waals surface area contributed by atoms with Crippen molar-refractivity contribution < 1.29 is 27.5 Å². The Balaban J connectivity index is 1.96. The Morgan fingerprint density at radius 3 is 2.30 bits per heavy atom. The Kier molecular flexibility index (Phi) is 9.42. The molecule has 2 unspecified atom stereocenters. The van der Waals surface area contributed by atoms with Gasteiger partial charge in [0, 0.05) is 18.7 Å². The number of aryl methyl sites for hydroxylation is 1. The van der Waals surface area contributed by atoms with E-state index in [-0.39, 0.29) is 31.0 Å². The lowest BCUT2D eigenvalue weighted by Gasteiger charge is -2.33. The monoisotopic (exact) mass is 531 g/mol. The van der Waals surface area contributed by atoms with Crippen molar-refractivity contribution in [3.63, 3.8) is 0 Å². The lowest BCUT2D eigenvalue weighted by Crippen LogP contribution is -2.53. The molecule has 1 heterocycles. The Morgan fingerprint density at radius 2 is 1.68 bits per heavy atom. The summed E-state index contributed by atoms with van der Waals surface area (Å²) in [6.45, 7) is 8.99. The molecule has 0 fully saturated rings. The molecule has 1 aliphatic heterocycles. The summed E-state index contributed by atoms with van der Waals surface area (Å²) in [5.74, 6) is -0.000189. The van der Waals surface area contributed by atoms with Crippen molar-refractivity contribution in [3.05, 3.63) is 53.6 Å². The fourth-order valence-electron chi connectivity index (χ4n) is 4.01. The van der Waals surface area contributed by atoms with Crippen LogP contribution in [0.25, 0.3) is 0 Å². The first-order valence-electron chi connectivity index (χ1n) is 12.6. The molecule has 1 N–H and O–H groups in total. The lowest BCUT2D eigenvalue weighted by molar-refractivity contribution is -0.140. The predicted molar refractivity (Wildman–Crippen MR) is 143 cm³/mol. The zero-order valence-corrected chi connectivity index (χ0v) is 23.0. The summed E-state index contributed by atoms with van der Waals surface area (Å²) in [6, 6.07) is 11.7. The average Bonchev–Trinajstić information content (AvgIpc) is 3.36. The molecule has 202 valence electrons. The molecule has 3 rings (SSSR count). The van der Waals surface area contributed by atoms with Crippen molar-refractivity contribution in [2.75, 3.05) is 23.4 Å². The highest BCUT2D eigenvalue weighted by molar-refractivity contribution is 7.92. The number of ether oxygens (including phenoxy) is 2. The van der Waals surface area contributed by atoms with Crippen molar-refractivity contribution >= 4 is 27.5 Å². The summed E-state index contributed by atoms with van der Waals surface area (Å²) < 4.78 is 38.1. The van der Waals surface area contributed by atoms with E-state index >= 15 is 0 Å². The molecule has 0 saturated heterocycles. The van der Waals surface area contributed by atoms with E-state index in [9.17, 15) is 18.0 Å². The first-order chi connectivity index (χ1) is 17.6. The minimum Gasteiger partial charge on any atom is -0.454 e. The van der Waals surface area contributed by atoms with Gasteiger partial charge in [0.1, 0.15) is 12.6 Å². The van der Waals surface area contributed by atoms with Gasteiger partial charge in [-0.05, 0) is 51.3 Å². The van der Waals surface area contributed by atoms with Crippen molar-refractivity contribution in [1.29, 1.82) is 0 Å². The van der Waals surface area contributed by atoms with Crippen LogP contribution in [0.2, 0.25) is 0 Å². The minimum atomic E-state index is -3.82. The molecule has 37 heavy (non-hydrogen) atoms. The number of sulfonamides is 1. The number of nitrogens with zero attached hydrogens (tertiary/aromatic N) is 2. The van der Waals surface area contributed by atoms with E-state index in [4.69, 9.17) is 9.47 Å². The number of amides is 2. The molecular formula is C27H37N3O6S. The van der Waals surface area contributed by atoms with Crippen LogP contribution in [0, 0.1) is 6.92 Å². The molecule has 9 nitrogen and oxygen atoms in total. The van der Waals surface area contributed by atoms with Gasteiger partial charge in [-0.1, -0.05) is 43.7 Å². The van der Waals surface area contributed by atoms with E-state index in [0.717, 1.165) is 21.9 Å². The summed E-state index contributed by atoms with van der Waals surface area (Å²) >= 11 is 0. The van der Waals surface area contributed by atoms with Crippen LogP contribution in [0.3, 0.4) is 0 Å². The summed E-state index contributed by atoms with van der Waals surface area (Å²) in [4.78, 5) is 28.5. The van der Waals surface area contributed by atoms with Gasteiger partial charge < -0.3 is 19.7 Å². The summed E-state index contributed by atoms with van der Waals surface area (Å²) in [6.07, 6.45) is 1.13. The third-order valence-electron chi connectivity index (χ3n) is 6.48. The van der Waals surface area contributed by atoms with Crippen molar-refractivity contribution in [2.45, 2.75) is 66.1 Å². The van der Waals surface area contributed by atoms with Crippen LogP contribution in [-0.4, -0.2) is 56.3 Å². The van der Waals surface area contributed by atoms with E-state index in [1.165, 1.54) is 11.8 Å². The van der Waals surface area contributed by atoms with Gasteiger partial charge >= 0.3 is 0 Å². The van der Waals surface area contributed by atoms with Crippen LogP contribution >= 0.6 is 0 Å². The molecule has 0 aliphatic carbocycles. The molecule has 0 aromatic heterocycles. The molecular weight excluding hydrogens is 494 g/mol. The highest BCUT2D eigenvalue weighted by atomic mass is 32.2. The predicted octanol–water partition coefficient (Wildman–Crippen LogP) is 3.60. The molecule has 0 spiro atoms. The minimum absolute atomic E-state index is 0.0477. The van der Waals surface area contributed by atoms with Crippen LogP contribution in [0.15, 0.2) is 42.5 Å². The van der Waals surface area contributed by atoms with Crippen molar-refractivity contribution in [3.8, 4) is 11.5 Å². The third-order valence-corrected chi connectivity index (χ3v) is 8.23. The van der Waals surface area contributed by atoms with E-state index in [1.54, 1.807) is 18.2 Å². The molecule has 2 aromatic rings. The number of anilines is 1. The Bertz CT molecular complexity index is 1200. The van der Waals surface area contributed by atoms with Gasteiger partial charge in [0.25, 0.3) is 0 Å². The van der Waals surface area contributed by atoms with Crippen LogP contribution in [0.5, 0.6) is 11.5 Å². The van der Waals surface area contributed by atoms with Crippen LogP contribution < -0.4 is 19.1 Å². The highest BCUT2D eigenvalue weighted by Gasteiger charge is 2.33. The Morgan fingerprint density at radius 1 is 1.00 bits per heavy atom. The number of carbonyl (C=O) groups is 2. The number of benzene rings is 2. The van der Waals surface area contributed by atoms with Crippen LogP contribution in [0.1, 0.15) is 51.7 Å². The molecule has 1 aliphatic rings. The fraction of sp³-hybridized carbons (Fsp3) is 0.481. The second-order valence-electron chi connectivity index (χ2n) is 9.19. The van der Waals surface area contributed by atoms with E-state index in [2.05, 4.69) is 5.32 Å². The highest BCUT2D eigenvalue weighted by Crippen LogP contribution is 2.36. The quantitative estimate of drug-likeness (QED) is 0.449. The zero-order chi connectivity index (χ0) is 27.2. The van der Waals surface area contributed by atoms with E-state index in [1.807, 2.05) is 52.0 Å². The van der Waals surface area contributed by atoms with Gasteiger partial charge in [0.15, 0.2) is 11.5 Å². The maximum atomic E-state index is 13.8. The SMILES string of the molecule is CCC(C)NC(=O)C(CC)N(Cc1ccc(C)cc1)C(=O)CN(c1ccc2c(c1)OCO2)S(=O)(=O)CC. The van der Waals surface area contributed by atoms with Gasteiger partial charge in [-0.2, -0.15) is 0 Å². The Hall–Kier alpha value is -3.27. The van der Waals surface area contributed by atoms with Crippen molar-refractivity contribution in [2.24, 2.45) is 0 Å². The van der Waals surface area contributed by atoms with Gasteiger partial charge in [0.2, 0.25) is 28.6 Å². The molecule has 10 heteroatoms. The Labute approximate surface area is 219 Å². The lowest BCUT2D eigenvalue weighted by atomic mass is 10.1. The van der Waals surface area contributed by atoms with Gasteiger partial charge in [-0.15, -0.1) is 0 Å². The van der Waals surface area contributed by atoms with Crippen LogP contribution in [0.4, 0.5) is 5.69 Å². The first-order valence-corrected chi connectivity index (χ1v) is 14.3. The smallest absolute Gasteiger partial charge is 0.244 e. The average molecular weight is 532 g/mol. The molecule has 2 amide bonds. The summed E-state index contributed by atoms with van der Waals surface area (Å²) in [5, 5.41) is 2.97. The maximum absolute atomic E-state index is 13.8. The van der Waals surface area contributed by atoms with E-state index in [0.29, 0.717) is 23.6 Å². The largest absolute Gasteiger partial charge is 0.454 e. The number of rotatable bonds is 12. The number of fused-ring (bicyclic) bond motifs is 1. The topological polar surface area (TPSA) is 105 Å². The van der Waals surface area contributed by atoms with E-state index < -0.39 is 28.5 Å². The molecule has 0 saturated carbocycles. The number of nitrogens with one attached hydrogen (secondary N) is 1. The van der Waals surface area contributed by atoms with Crippen molar-refractivity contribution in [1.82, 2.24) is 10.2 Å². The molecule has 0 radical (unpaired) electrons. The number of carbonyl (C=O) groups excluding carboxylic acids is 2. The zero-order valence-electron chi connectivity index (χ0n) is 22.2. The summed E-state index contributed by atoms with van der Waals surface area (Å²) in [5.41, 5.74) is 2.22. The first kappa shape index (κ1) is 28.3. The normalized spacial score (nSPS) is 14.1. The molecule has 2 aromatic carbocycles. The number of hydrogen-bond acceptors (Lipinski definition) is 6. The maximum Gasteiger partial charge on any atom is 0.244 e. The van der Waals surface area contributed by atoms with Gasteiger partial charge in [-0.3, -0.25) is 13.9 Å². The second-order valence-corrected chi connectivity index (χ2v) is 11.4. The molecule has 0 bridgehead atoms. The second kappa shape index (κ2) is 12.3. The standard InChI is InChI=1S/C27H37N3O6S/c1-6-20(5)28-27(32)23(7-2)29(16-21-11-9-19(4)10-12-21)26(31)17-30(37(33,34)8-3)22-13-14-24-25(15-22)36-18-35-24/h9-15,20,23H,6-8,16-18H2,1-5H3,(H,28,32). The number of hydrogen-bond donors (Lipinski definition) is 1.